The molecule has 3 aliphatic rings. The molecule has 24 heavy (non-hydrogen) atoms. The topological polar surface area (TPSA) is 104 Å². The molecule has 0 aromatic carbocycles. The van der Waals surface area contributed by atoms with Crippen LogP contribution in [0.4, 0.5) is 0 Å². The van der Waals surface area contributed by atoms with Gasteiger partial charge in [0.1, 0.15) is 0 Å². The molecular formula is C17H16ClNO5. The van der Waals surface area contributed by atoms with E-state index in [-0.39, 0.29) is 35.7 Å². The van der Waals surface area contributed by atoms with E-state index < -0.39 is 17.9 Å². The number of hydrogen-bond acceptors (Lipinski definition) is 4. The molecule has 4 atom stereocenters. The zero-order valence-electron chi connectivity index (χ0n) is 12.8. The monoisotopic (exact) mass is 349 g/mol. The minimum atomic E-state index is -1.17. The highest BCUT2D eigenvalue weighted by molar-refractivity contribution is 6.31. The summed E-state index contributed by atoms with van der Waals surface area (Å²) in [4.78, 5) is 35.2. The predicted molar refractivity (Wildman–Crippen MR) is 86.1 cm³/mol. The zero-order chi connectivity index (χ0) is 17.6. The van der Waals surface area contributed by atoms with Crippen LogP contribution in [0.1, 0.15) is 13.3 Å². The summed E-state index contributed by atoms with van der Waals surface area (Å²) in [5, 5.41) is 22.2. The normalized spacial score (nSPS) is 31.5. The third-order valence-corrected chi connectivity index (χ3v) is 5.10. The number of hydrogen-bond donors (Lipinski definition) is 3. The minimum Gasteiger partial charge on any atom is -0.481 e. The van der Waals surface area contributed by atoms with Gasteiger partial charge in [0, 0.05) is 16.6 Å². The van der Waals surface area contributed by atoms with Gasteiger partial charge in [-0.1, -0.05) is 18.5 Å². The van der Waals surface area contributed by atoms with Crippen molar-refractivity contribution in [3.05, 3.63) is 46.2 Å². The summed E-state index contributed by atoms with van der Waals surface area (Å²) in [6.07, 6.45) is 5.79. The van der Waals surface area contributed by atoms with Crippen molar-refractivity contribution < 1.29 is 24.6 Å². The van der Waals surface area contributed by atoms with E-state index in [4.69, 9.17) is 16.7 Å². The minimum absolute atomic E-state index is 0.0156. The molecule has 7 heteroatoms. The van der Waals surface area contributed by atoms with E-state index in [1.54, 1.807) is 13.0 Å². The second-order valence-corrected chi connectivity index (χ2v) is 6.65. The fourth-order valence-electron chi connectivity index (χ4n) is 3.84. The standard InChI is InChI=1S/C17H16ClNO5/c1-7-9(6-14(21)22)10(17(23)24)5-12-15(7)16-11(19-12)4-8(18)2-3-13(16)20/h2-5,7,11,15-16,19H,6H2,1H3,(H,21,22)(H,23,24). The van der Waals surface area contributed by atoms with Gasteiger partial charge < -0.3 is 15.5 Å². The third-order valence-electron chi connectivity index (χ3n) is 4.85. The number of halogens is 1. The SMILES string of the molecule is CC1C(CC(=O)O)=C(C(=O)O)C=C2NC3C=C(Cl)C=CC(=O)C3C21. The number of rotatable bonds is 3. The number of fused-ring (bicyclic) bond motifs is 3. The summed E-state index contributed by atoms with van der Waals surface area (Å²) in [5.41, 5.74) is 0.967. The first kappa shape index (κ1) is 16.5. The number of nitrogens with one attached hydrogen (secondary N) is 1. The lowest BCUT2D eigenvalue weighted by Gasteiger charge is -2.31. The average molecular weight is 350 g/mol. The molecule has 4 unspecified atom stereocenters. The molecule has 0 amide bonds. The highest BCUT2D eigenvalue weighted by Gasteiger charge is 2.48. The summed E-state index contributed by atoms with van der Waals surface area (Å²) in [6, 6.07) is -0.335. The molecule has 0 saturated carbocycles. The van der Waals surface area contributed by atoms with Crippen molar-refractivity contribution in [2.45, 2.75) is 19.4 Å². The van der Waals surface area contributed by atoms with Gasteiger partial charge >= 0.3 is 11.9 Å². The van der Waals surface area contributed by atoms with Gasteiger partial charge in [-0.15, -0.1) is 0 Å². The second-order valence-electron chi connectivity index (χ2n) is 6.21. The van der Waals surface area contributed by atoms with E-state index in [1.165, 1.54) is 18.2 Å². The fraction of sp³-hybridized carbons (Fsp3) is 0.353. The lowest BCUT2D eigenvalue weighted by molar-refractivity contribution is -0.136. The Balaban J connectivity index is 2.07. The van der Waals surface area contributed by atoms with Crippen LogP contribution in [-0.4, -0.2) is 34.0 Å². The van der Waals surface area contributed by atoms with Crippen LogP contribution in [-0.2, 0) is 14.4 Å². The molecule has 0 bridgehead atoms. The quantitative estimate of drug-likeness (QED) is 0.718. The van der Waals surface area contributed by atoms with Crippen LogP contribution in [0.15, 0.2) is 46.2 Å². The maximum Gasteiger partial charge on any atom is 0.335 e. The highest BCUT2D eigenvalue weighted by atomic mass is 35.5. The molecular weight excluding hydrogens is 334 g/mol. The van der Waals surface area contributed by atoms with E-state index in [0.29, 0.717) is 16.3 Å². The number of carboxylic acids is 2. The van der Waals surface area contributed by atoms with Crippen molar-refractivity contribution >= 4 is 29.3 Å². The molecule has 1 aliphatic heterocycles. The van der Waals surface area contributed by atoms with Crippen LogP contribution >= 0.6 is 11.6 Å². The summed E-state index contributed by atoms with van der Waals surface area (Å²) >= 11 is 6.04. The molecule has 126 valence electrons. The number of ketones is 1. The van der Waals surface area contributed by atoms with E-state index in [0.717, 1.165) is 0 Å². The molecule has 0 aromatic rings. The maximum absolute atomic E-state index is 12.5. The van der Waals surface area contributed by atoms with Gasteiger partial charge in [0.2, 0.25) is 0 Å². The maximum atomic E-state index is 12.5. The van der Waals surface area contributed by atoms with Crippen molar-refractivity contribution in [3.8, 4) is 0 Å². The van der Waals surface area contributed by atoms with E-state index >= 15 is 0 Å². The van der Waals surface area contributed by atoms with Gasteiger partial charge in [-0.05, 0) is 35.8 Å². The predicted octanol–water partition coefficient (Wildman–Crippen LogP) is 1.84. The first-order chi connectivity index (χ1) is 11.3. The average Bonchev–Trinajstić information content (AvgIpc) is 2.78. The fourth-order valence-corrected chi connectivity index (χ4v) is 4.04. The Kier molecular flexibility index (Phi) is 4.09. The van der Waals surface area contributed by atoms with E-state index in [2.05, 4.69) is 5.32 Å². The van der Waals surface area contributed by atoms with Crippen LogP contribution in [0.2, 0.25) is 0 Å². The van der Waals surface area contributed by atoms with Gasteiger partial charge in [0.05, 0.1) is 24.0 Å². The molecule has 3 rings (SSSR count). The Morgan fingerprint density at radius 2 is 1.96 bits per heavy atom. The van der Waals surface area contributed by atoms with Gasteiger partial charge in [-0.3, -0.25) is 9.59 Å². The van der Waals surface area contributed by atoms with Gasteiger partial charge in [0.25, 0.3) is 0 Å². The van der Waals surface area contributed by atoms with Gasteiger partial charge in [-0.2, -0.15) is 0 Å². The van der Waals surface area contributed by atoms with Gasteiger partial charge in [-0.25, -0.2) is 4.79 Å². The van der Waals surface area contributed by atoms with Crippen molar-refractivity contribution in [2.24, 2.45) is 17.8 Å². The Bertz CT molecular complexity index is 761. The Morgan fingerprint density at radius 1 is 1.25 bits per heavy atom. The Hall–Kier alpha value is -2.34. The second kappa shape index (κ2) is 5.94. The first-order valence-corrected chi connectivity index (χ1v) is 7.93. The van der Waals surface area contributed by atoms with Crippen LogP contribution < -0.4 is 5.32 Å². The molecule has 0 spiro atoms. The lowest BCUT2D eigenvalue weighted by atomic mass is 9.71. The summed E-state index contributed by atoms with van der Waals surface area (Å²) in [6.45, 7) is 1.77. The van der Waals surface area contributed by atoms with Crippen molar-refractivity contribution in [3.63, 3.8) is 0 Å². The molecule has 6 nitrogen and oxygen atoms in total. The van der Waals surface area contributed by atoms with E-state index in [1.807, 2.05) is 0 Å². The Morgan fingerprint density at radius 3 is 2.58 bits per heavy atom. The van der Waals surface area contributed by atoms with Crippen LogP contribution in [0.3, 0.4) is 0 Å². The summed E-state index contributed by atoms with van der Waals surface area (Å²) < 4.78 is 0. The molecule has 1 saturated heterocycles. The van der Waals surface area contributed by atoms with Gasteiger partial charge in [0.15, 0.2) is 5.78 Å². The van der Waals surface area contributed by atoms with Crippen molar-refractivity contribution in [1.29, 1.82) is 0 Å². The zero-order valence-corrected chi connectivity index (χ0v) is 13.6. The Labute approximate surface area is 143 Å². The van der Waals surface area contributed by atoms with Crippen molar-refractivity contribution in [1.82, 2.24) is 5.32 Å². The molecule has 1 heterocycles. The van der Waals surface area contributed by atoms with E-state index in [9.17, 15) is 19.5 Å². The summed E-state index contributed by atoms with van der Waals surface area (Å²) in [5.74, 6) is -3.46. The van der Waals surface area contributed by atoms with Crippen LogP contribution in [0.25, 0.3) is 0 Å². The van der Waals surface area contributed by atoms with Crippen LogP contribution in [0, 0.1) is 17.8 Å². The number of carbonyl (C=O) groups is 3. The highest BCUT2D eigenvalue weighted by Crippen LogP contribution is 2.46. The molecule has 2 aliphatic carbocycles. The number of aliphatic carboxylic acids is 2. The number of carboxylic acid groups (broad SMARTS) is 2. The van der Waals surface area contributed by atoms with Crippen LogP contribution in [0.5, 0.6) is 0 Å². The molecule has 0 radical (unpaired) electrons. The molecule has 3 N–H and O–H groups in total. The van der Waals surface area contributed by atoms with Crippen molar-refractivity contribution in [2.75, 3.05) is 0 Å². The number of carbonyl (C=O) groups excluding carboxylic acids is 1. The third kappa shape index (κ3) is 2.67. The first-order valence-electron chi connectivity index (χ1n) is 7.55. The smallest absolute Gasteiger partial charge is 0.335 e. The number of allylic oxidation sites excluding steroid dienone is 4. The lowest BCUT2D eigenvalue weighted by Crippen LogP contribution is -2.33. The molecule has 1 fully saturated rings. The largest absolute Gasteiger partial charge is 0.481 e. The summed E-state index contributed by atoms with van der Waals surface area (Å²) in [7, 11) is 0. The molecule has 0 aromatic heterocycles.